The Hall–Kier alpha value is -3.23. The van der Waals surface area contributed by atoms with Gasteiger partial charge in [0.25, 0.3) is 5.56 Å². The van der Waals surface area contributed by atoms with Crippen LogP contribution < -0.4 is 16.6 Å². The largest absolute Gasteiger partial charge is 0.332 e. The summed E-state index contributed by atoms with van der Waals surface area (Å²) in [7, 11) is 2.91. The molecule has 0 radical (unpaired) electrons. The predicted molar refractivity (Wildman–Crippen MR) is 83.1 cm³/mol. The molecule has 118 valence electrons. The topological polar surface area (TPSA) is 104 Å². The number of aromatic nitrogens is 5. The minimum Gasteiger partial charge on any atom is -0.315 e. The quantitative estimate of drug-likeness (QED) is 0.700. The van der Waals surface area contributed by atoms with Gasteiger partial charge in [0.2, 0.25) is 5.91 Å². The van der Waals surface area contributed by atoms with Gasteiger partial charge in [0.05, 0.1) is 6.33 Å². The van der Waals surface area contributed by atoms with Gasteiger partial charge in [0.1, 0.15) is 12.4 Å². The Morgan fingerprint density at radius 2 is 1.96 bits per heavy atom. The van der Waals surface area contributed by atoms with Crippen molar-refractivity contribution in [2.75, 3.05) is 5.32 Å². The Kier molecular flexibility index (Phi) is 3.53. The van der Waals surface area contributed by atoms with Gasteiger partial charge in [-0.3, -0.25) is 18.7 Å². The number of hydrogen-bond acceptors (Lipinski definition) is 5. The van der Waals surface area contributed by atoms with E-state index in [4.69, 9.17) is 0 Å². The van der Waals surface area contributed by atoms with Crippen LogP contribution in [0.4, 0.5) is 5.82 Å². The van der Waals surface area contributed by atoms with Crippen LogP contribution in [0, 0.1) is 0 Å². The minimum absolute atomic E-state index is 0.111. The first-order chi connectivity index (χ1) is 11.0. The summed E-state index contributed by atoms with van der Waals surface area (Å²) in [5.41, 5.74) is -0.522. The second-order valence-corrected chi connectivity index (χ2v) is 5.01. The maximum atomic E-state index is 12.3. The van der Waals surface area contributed by atoms with Gasteiger partial charge in [-0.1, -0.05) is 6.07 Å². The maximum Gasteiger partial charge on any atom is 0.332 e. The number of nitrogens with zero attached hydrogens (tertiary/aromatic N) is 5. The smallest absolute Gasteiger partial charge is 0.315 e. The Morgan fingerprint density at radius 3 is 2.65 bits per heavy atom. The second kappa shape index (κ2) is 5.52. The van der Waals surface area contributed by atoms with Crippen LogP contribution in [0.1, 0.15) is 0 Å². The first-order valence-electron chi connectivity index (χ1n) is 6.81. The highest BCUT2D eigenvalue weighted by atomic mass is 16.2. The molecule has 0 spiro atoms. The second-order valence-electron chi connectivity index (χ2n) is 5.01. The predicted octanol–water partition coefficient (Wildman–Crippen LogP) is -0.533. The van der Waals surface area contributed by atoms with Crippen LogP contribution in [0.25, 0.3) is 11.2 Å². The molecule has 1 N–H and O–H groups in total. The number of rotatable bonds is 3. The van der Waals surface area contributed by atoms with E-state index in [0.717, 1.165) is 4.57 Å². The summed E-state index contributed by atoms with van der Waals surface area (Å²) in [6.07, 6.45) is 2.93. The van der Waals surface area contributed by atoms with E-state index in [1.807, 2.05) is 0 Å². The van der Waals surface area contributed by atoms with Crippen LogP contribution in [0.3, 0.4) is 0 Å². The number of carbonyl (C=O) groups excluding carboxylic acids is 1. The number of imidazole rings is 1. The molecule has 0 aliphatic rings. The van der Waals surface area contributed by atoms with Gasteiger partial charge in [-0.2, -0.15) is 0 Å². The van der Waals surface area contributed by atoms with Gasteiger partial charge < -0.3 is 9.88 Å². The molecule has 3 aromatic heterocycles. The third kappa shape index (κ3) is 2.52. The molecule has 1 amide bonds. The lowest BCUT2D eigenvalue weighted by molar-refractivity contribution is -0.116. The highest BCUT2D eigenvalue weighted by molar-refractivity contribution is 5.90. The van der Waals surface area contributed by atoms with E-state index in [-0.39, 0.29) is 23.6 Å². The van der Waals surface area contributed by atoms with E-state index in [9.17, 15) is 14.4 Å². The first kappa shape index (κ1) is 14.7. The molecular weight excluding hydrogens is 300 g/mol. The lowest BCUT2D eigenvalue weighted by Gasteiger charge is -2.07. The zero-order valence-corrected chi connectivity index (χ0v) is 12.6. The number of carbonyl (C=O) groups is 1. The highest BCUT2D eigenvalue weighted by Crippen LogP contribution is 2.06. The molecule has 3 rings (SSSR count). The molecule has 0 saturated carbocycles. The van der Waals surface area contributed by atoms with E-state index in [1.54, 1.807) is 24.4 Å². The molecule has 0 aliphatic heterocycles. The van der Waals surface area contributed by atoms with Crippen molar-refractivity contribution in [2.45, 2.75) is 6.54 Å². The van der Waals surface area contributed by atoms with Gasteiger partial charge in [-0.05, 0) is 12.1 Å². The molecule has 0 unspecified atom stereocenters. The van der Waals surface area contributed by atoms with Crippen LogP contribution >= 0.6 is 0 Å². The molecular formula is C14H14N6O3. The number of hydrogen-bond donors (Lipinski definition) is 1. The summed E-state index contributed by atoms with van der Waals surface area (Å²) in [4.78, 5) is 44.3. The van der Waals surface area contributed by atoms with Crippen molar-refractivity contribution < 1.29 is 4.79 Å². The van der Waals surface area contributed by atoms with Gasteiger partial charge in [-0.15, -0.1) is 0 Å². The monoisotopic (exact) mass is 314 g/mol. The zero-order chi connectivity index (χ0) is 16.6. The van der Waals surface area contributed by atoms with Crippen molar-refractivity contribution >= 4 is 22.9 Å². The van der Waals surface area contributed by atoms with Gasteiger partial charge in [0.15, 0.2) is 11.2 Å². The van der Waals surface area contributed by atoms with E-state index >= 15 is 0 Å². The van der Waals surface area contributed by atoms with Crippen LogP contribution in [0.2, 0.25) is 0 Å². The summed E-state index contributed by atoms with van der Waals surface area (Å²) in [6, 6.07) is 5.15. The Morgan fingerprint density at radius 1 is 1.17 bits per heavy atom. The summed E-state index contributed by atoms with van der Waals surface area (Å²) < 4.78 is 3.66. The van der Waals surface area contributed by atoms with Crippen LogP contribution in [-0.2, 0) is 25.4 Å². The summed E-state index contributed by atoms with van der Waals surface area (Å²) in [5, 5.41) is 2.63. The third-order valence-corrected chi connectivity index (χ3v) is 3.46. The van der Waals surface area contributed by atoms with Gasteiger partial charge >= 0.3 is 5.69 Å². The van der Waals surface area contributed by atoms with Gasteiger partial charge in [0, 0.05) is 20.3 Å². The van der Waals surface area contributed by atoms with Crippen LogP contribution in [0.5, 0.6) is 0 Å². The molecule has 0 atom stereocenters. The average Bonchev–Trinajstić information content (AvgIpc) is 2.95. The molecule has 9 nitrogen and oxygen atoms in total. The Bertz CT molecular complexity index is 999. The standard InChI is InChI=1S/C14H14N6O3/c1-18-12-11(13(22)19(2)14(18)23)20(8-16-12)7-10(21)17-9-5-3-4-6-15-9/h3-6,8H,7H2,1-2H3,(H,15,17,21). The highest BCUT2D eigenvalue weighted by Gasteiger charge is 2.16. The SMILES string of the molecule is Cn1c(=O)c2c(ncn2CC(=O)Nc2ccccn2)n(C)c1=O. The summed E-state index contributed by atoms with van der Waals surface area (Å²) >= 11 is 0. The number of aryl methyl sites for hydroxylation is 1. The number of fused-ring (bicyclic) bond motifs is 1. The molecule has 0 bridgehead atoms. The van der Waals surface area contributed by atoms with E-state index in [1.165, 1.54) is 29.6 Å². The van der Waals surface area contributed by atoms with Crippen LogP contribution in [-0.4, -0.2) is 29.6 Å². The lowest BCUT2D eigenvalue weighted by atomic mass is 10.4. The van der Waals surface area contributed by atoms with Gasteiger partial charge in [-0.25, -0.2) is 14.8 Å². The first-order valence-corrected chi connectivity index (χ1v) is 6.81. The average molecular weight is 314 g/mol. The minimum atomic E-state index is -0.494. The van der Waals surface area contributed by atoms with Crippen LogP contribution in [0.15, 0.2) is 40.3 Å². The number of pyridine rings is 1. The molecule has 3 heterocycles. The Balaban J connectivity index is 1.97. The van der Waals surface area contributed by atoms with E-state index in [2.05, 4.69) is 15.3 Å². The molecule has 0 aliphatic carbocycles. The van der Waals surface area contributed by atoms with E-state index < -0.39 is 11.2 Å². The molecule has 0 aromatic carbocycles. The maximum absolute atomic E-state index is 12.3. The lowest BCUT2D eigenvalue weighted by Crippen LogP contribution is -2.37. The summed E-state index contributed by atoms with van der Waals surface area (Å²) in [6.45, 7) is -0.111. The molecule has 9 heteroatoms. The fourth-order valence-corrected chi connectivity index (χ4v) is 2.29. The van der Waals surface area contributed by atoms with E-state index in [0.29, 0.717) is 5.82 Å². The number of anilines is 1. The number of nitrogens with one attached hydrogen (secondary N) is 1. The normalized spacial score (nSPS) is 10.9. The molecule has 23 heavy (non-hydrogen) atoms. The third-order valence-electron chi connectivity index (χ3n) is 3.46. The van der Waals surface area contributed by atoms with Crippen molar-refractivity contribution in [1.82, 2.24) is 23.7 Å². The fourth-order valence-electron chi connectivity index (χ4n) is 2.29. The number of amides is 1. The van der Waals surface area contributed by atoms with Crippen molar-refractivity contribution in [1.29, 1.82) is 0 Å². The molecule has 0 saturated heterocycles. The molecule has 0 fully saturated rings. The molecule has 3 aromatic rings. The van der Waals surface area contributed by atoms with Crippen molar-refractivity contribution in [3.8, 4) is 0 Å². The van der Waals surface area contributed by atoms with Crippen molar-refractivity contribution in [3.63, 3.8) is 0 Å². The Labute approximate surface area is 129 Å². The van der Waals surface area contributed by atoms with Crippen molar-refractivity contribution in [3.05, 3.63) is 51.6 Å². The fraction of sp³-hybridized carbons (Fsp3) is 0.214. The zero-order valence-electron chi connectivity index (χ0n) is 12.6. The van der Waals surface area contributed by atoms with Crippen molar-refractivity contribution in [2.24, 2.45) is 14.1 Å². The summed E-state index contributed by atoms with van der Waals surface area (Å²) in [5.74, 6) is 0.0705.